The smallest absolute Gasteiger partial charge is 0.220 e. The zero-order chi connectivity index (χ0) is 11.6. The molecular weight excluding hydrogens is 194 g/mol. The summed E-state index contributed by atoms with van der Waals surface area (Å²) in [5.74, 6) is -0.00916. The zero-order valence-corrected chi connectivity index (χ0v) is 9.82. The number of ether oxygens (including phenoxy) is 1. The predicted molar refractivity (Wildman–Crippen MR) is 56.5 cm³/mol. The van der Waals surface area contributed by atoms with Crippen molar-refractivity contribution in [3.63, 3.8) is 0 Å². The van der Waals surface area contributed by atoms with Gasteiger partial charge in [-0.15, -0.1) is 0 Å². The second-order valence-corrected chi connectivity index (χ2v) is 4.34. The predicted octanol–water partition coefficient (Wildman–Crippen LogP) is 0.990. The third-order valence-corrected chi connectivity index (χ3v) is 2.60. The van der Waals surface area contributed by atoms with Gasteiger partial charge in [-0.3, -0.25) is 9.59 Å². The van der Waals surface area contributed by atoms with E-state index in [2.05, 4.69) is 0 Å². The van der Waals surface area contributed by atoms with Gasteiger partial charge in [0.05, 0.1) is 18.2 Å². The second kappa shape index (κ2) is 4.75. The lowest BCUT2D eigenvalue weighted by molar-refractivity contribution is -0.135. The lowest BCUT2D eigenvalue weighted by Crippen LogP contribution is -2.38. The lowest BCUT2D eigenvalue weighted by atomic mass is 10.1. The summed E-state index contributed by atoms with van der Waals surface area (Å²) in [5, 5.41) is 0. The van der Waals surface area contributed by atoms with E-state index in [9.17, 15) is 9.59 Å². The van der Waals surface area contributed by atoms with E-state index >= 15 is 0 Å². The normalized spacial score (nSPS) is 26.1. The van der Waals surface area contributed by atoms with Gasteiger partial charge in [0.1, 0.15) is 0 Å². The number of hydrogen-bond acceptors (Lipinski definition) is 3. The molecule has 0 aromatic rings. The number of carbonyl (C=O) groups excluding carboxylic acids is 2. The van der Waals surface area contributed by atoms with E-state index in [0.29, 0.717) is 13.0 Å². The fourth-order valence-corrected chi connectivity index (χ4v) is 2.01. The van der Waals surface area contributed by atoms with Crippen molar-refractivity contribution in [1.29, 1.82) is 0 Å². The minimum atomic E-state index is -0.286. The molecule has 86 valence electrons. The molecule has 0 aromatic carbocycles. The number of likely N-dealkylation sites (tertiary alicyclic amines) is 1. The molecule has 0 saturated carbocycles. The largest absolute Gasteiger partial charge is 0.374 e. The van der Waals surface area contributed by atoms with E-state index in [0.717, 1.165) is 0 Å². The molecule has 15 heavy (non-hydrogen) atoms. The van der Waals surface area contributed by atoms with Gasteiger partial charge in [-0.25, -0.2) is 0 Å². The van der Waals surface area contributed by atoms with Gasteiger partial charge >= 0.3 is 0 Å². The highest BCUT2D eigenvalue weighted by atomic mass is 16.5. The topological polar surface area (TPSA) is 46.6 Å². The fourth-order valence-electron chi connectivity index (χ4n) is 2.01. The Bertz CT molecular complexity index is 241. The molecule has 1 saturated heterocycles. The van der Waals surface area contributed by atoms with E-state index in [1.165, 1.54) is 13.8 Å². The molecule has 4 nitrogen and oxygen atoms in total. The average molecular weight is 213 g/mol. The van der Waals surface area contributed by atoms with Crippen LogP contribution in [-0.2, 0) is 14.3 Å². The molecule has 0 bridgehead atoms. The minimum absolute atomic E-state index is 0.00259. The molecule has 1 fully saturated rings. The van der Waals surface area contributed by atoms with Gasteiger partial charge in [-0.05, 0) is 20.8 Å². The van der Waals surface area contributed by atoms with Crippen LogP contribution in [0.3, 0.4) is 0 Å². The first kappa shape index (κ1) is 12.2. The molecule has 0 N–H and O–H groups in total. The van der Waals surface area contributed by atoms with Crippen LogP contribution >= 0.6 is 0 Å². The summed E-state index contributed by atoms with van der Waals surface area (Å²) in [5.41, 5.74) is 0. The van der Waals surface area contributed by atoms with Gasteiger partial charge in [0.15, 0.2) is 5.78 Å². The number of amides is 1. The Labute approximate surface area is 90.6 Å². The maximum Gasteiger partial charge on any atom is 0.220 e. The van der Waals surface area contributed by atoms with Crippen LogP contribution in [0.1, 0.15) is 34.1 Å². The van der Waals surface area contributed by atoms with Gasteiger partial charge in [-0.1, -0.05) is 0 Å². The molecule has 0 unspecified atom stereocenters. The summed E-state index contributed by atoms with van der Waals surface area (Å²) in [4.78, 5) is 24.3. The Morgan fingerprint density at radius 1 is 1.33 bits per heavy atom. The highest BCUT2D eigenvalue weighted by molar-refractivity contribution is 5.87. The van der Waals surface area contributed by atoms with Gasteiger partial charge in [0.2, 0.25) is 5.91 Å². The Morgan fingerprint density at radius 2 is 1.93 bits per heavy atom. The van der Waals surface area contributed by atoms with Crippen LogP contribution in [0.4, 0.5) is 0 Å². The van der Waals surface area contributed by atoms with Crippen molar-refractivity contribution < 1.29 is 14.3 Å². The number of ketones is 1. The van der Waals surface area contributed by atoms with E-state index in [-0.39, 0.29) is 29.9 Å². The third kappa shape index (κ3) is 3.02. The molecule has 0 radical (unpaired) electrons. The highest BCUT2D eigenvalue weighted by Gasteiger charge is 2.37. The highest BCUT2D eigenvalue weighted by Crippen LogP contribution is 2.22. The second-order valence-electron chi connectivity index (χ2n) is 4.34. The summed E-state index contributed by atoms with van der Waals surface area (Å²) in [6, 6.07) is -0.286. The monoisotopic (exact) mass is 213 g/mol. The van der Waals surface area contributed by atoms with Gasteiger partial charge in [-0.2, -0.15) is 0 Å². The Morgan fingerprint density at radius 3 is 2.27 bits per heavy atom. The Balaban J connectivity index is 2.65. The van der Waals surface area contributed by atoms with E-state index < -0.39 is 0 Å². The summed E-state index contributed by atoms with van der Waals surface area (Å²) in [6.45, 7) is 7.47. The van der Waals surface area contributed by atoms with Crippen molar-refractivity contribution in [1.82, 2.24) is 4.90 Å². The molecule has 1 amide bonds. The number of Topliss-reactive ketones (excluding diaryl/α,β-unsaturated/α-hetero) is 1. The molecule has 1 heterocycles. The summed E-state index contributed by atoms with van der Waals surface area (Å²) < 4.78 is 5.63. The van der Waals surface area contributed by atoms with Crippen LogP contribution in [-0.4, -0.2) is 41.4 Å². The van der Waals surface area contributed by atoms with Crippen LogP contribution in [0.15, 0.2) is 0 Å². The van der Waals surface area contributed by atoms with Crippen LogP contribution in [0, 0.1) is 0 Å². The Hall–Kier alpha value is -0.900. The molecule has 0 spiro atoms. The van der Waals surface area contributed by atoms with Crippen LogP contribution < -0.4 is 0 Å². The van der Waals surface area contributed by atoms with Crippen molar-refractivity contribution in [2.75, 3.05) is 6.54 Å². The first-order valence-electron chi connectivity index (χ1n) is 5.35. The molecule has 0 aromatic heterocycles. The average Bonchev–Trinajstić information content (AvgIpc) is 2.46. The first-order chi connectivity index (χ1) is 6.91. The van der Waals surface area contributed by atoms with Crippen molar-refractivity contribution >= 4 is 11.7 Å². The van der Waals surface area contributed by atoms with Crippen molar-refractivity contribution in [2.24, 2.45) is 0 Å². The maximum atomic E-state index is 11.3. The minimum Gasteiger partial charge on any atom is -0.374 e. The molecule has 4 heteroatoms. The number of hydrogen-bond donors (Lipinski definition) is 0. The number of rotatable bonds is 3. The lowest BCUT2D eigenvalue weighted by Gasteiger charge is -2.20. The zero-order valence-electron chi connectivity index (χ0n) is 9.82. The van der Waals surface area contributed by atoms with Crippen molar-refractivity contribution in [3.05, 3.63) is 0 Å². The first-order valence-corrected chi connectivity index (χ1v) is 5.35. The van der Waals surface area contributed by atoms with Gasteiger partial charge in [0, 0.05) is 19.9 Å². The number of carbonyl (C=O) groups is 2. The van der Waals surface area contributed by atoms with Crippen LogP contribution in [0.25, 0.3) is 0 Å². The van der Waals surface area contributed by atoms with Gasteiger partial charge in [0.25, 0.3) is 0 Å². The molecule has 1 aliphatic rings. The third-order valence-electron chi connectivity index (χ3n) is 2.60. The number of nitrogens with zero attached hydrogens (tertiary/aromatic N) is 1. The van der Waals surface area contributed by atoms with Crippen molar-refractivity contribution in [3.8, 4) is 0 Å². The molecule has 1 rings (SSSR count). The van der Waals surface area contributed by atoms with Crippen LogP contribution in [0.2, 0.25) is 0 Å². The van der Waals surface area contributed by atoms with Crippen LogP contribution in [0.5, 0.6) is 0 Å². The summed E-state index contributed by atoms with van der Waals surface area (Å²) >= 11 is 0. The molecular formula is C11H19NO3. The van der Waals surface area contributed by atoms with E-state index in [4.69, 9.17) is 4.74 Å². The molecule has 1 aliphatic heterocycles. The SMILES string of the molecule is CC(=O)[C@@H]1C[C@@H](OC(C)C)CN1C(C)=O. The maximum absolute atomic E-state index is 11.3. The quantitative estimate of drug-likeness (QED) is 0.702. The summed E-state index contributed by atoms with van der Waals surface area (Å²) in [6.07, 6.45) is 0.768. The molecule has 0 aliphatic carbocycles. The Kier molecular flexibility index (Phi) is 3.85. The standard InChI is InChI=1S/C11H19NO3/c1-7(2)15-10-5-11(8(3)13)12(6-10)9(4)14/h7,10-11H,5-6H2,1-4H3/t10-,11+/m1/s1. The van der Waals surface area contributed by atoms with E-state index in [1.54, 1.807) is 4.90 Å². The van der Waals surface area contributed by atoms with Gasteiger partial charge < -0.3 is 9.64 Å². The fraction of sp³-hybridized carbons (Fsp3) is 0.818. The van der Waals surface area contributed by atoms with Crippen molar-refractivity contribution in [2.45, 2.75) is 52.4 Å². The summed E-state index contributed by atoms with van der Waals surface area (Å²) in [7, 11) is 0. The van der Waals surface area contributed by atoms with E-state index in [1.807, 2.05) is 13.8 Å². The molecule has 2 atom stereocenters.